The van der Waals surface area contributed by atoms with Crippen LogP contribution in [0, 0.1) is 5.92 Å². The zero-order valence-electron chi connectivity index (χ0n) is 12.6. The normalized spacial score (nSPS) is 15.2. The molecule has 1 aromatic rings. The lowest BCUT2D eigenvalue weighted by atomic mass is 10.0. The molecule has 0 bridgehead atoms. The van der Waals surface area contributed by atoms with Crippen molar-refractivity contribution in [3.8, 4) is 0 Å². The van der Waals surface area contributed by atoms with Gasteiger partial charge in [0.05, 0.1) is 11.3 Å². The maximum Gasteiger partial charge on any atom is 0.256 e. The van der Waals surface area contributed by atoms with Crippen LogP contribution in [0.1, 0.15) is 37.0 Å². The topological polar surface area (TPSA) is 57.7 Å². The lowest BCUT2D eigenvalue weighted by molar-refractivity contribution is -0.129. The maximum atomic E-state index is 12.7. The molecule has 0 aliphatic carbocycles. The molecule has 0 saturated carbocycles. The van der Waals surface area contributed by atoms with Crippen LogP contribution >= 0.6 is 0 Å². The molecule has 0 N–H and O–H groups in total. The number of anilines is 1. The molecule has 5 heteroatoms. The van der Waals surface area contributed by atoms with Gasteiger partial charge in [-0.05, 0) is 25.0 Å². The van der Waals surface area contributed by atoms with Gasteiger partial charge in [-0.2, -0.15) is 0 Å². The molecule has 112 valence electrons. The first-order chi connectivity index (χ1) is 10.0. The zero-order chi connectivity index (χ0) is 15.6. The first-order valence-electron chi connectivity index (χ1n) is 7.22. The molecule has 0 saturated heterocycles. The number of para-hydroxylation sites is 1. The number of nitrogens with zero attached hydrogens (tertiary/aromatic N) is 2. The molecular weight excluding hydrogens is 268 g/mol. The van der Waals surface area contributed by atoms with Crippen LogP contribution in [0.2, 0.25) is 0 Å². The Balaban J connectivity index is 2.54. The summed E-state index contributed by atoms with van der Waals surface area (Å²) in [6.07, 6.45) is 1.34. The summed E-state index contributed by atoms with van der Waals surface area (Å²) in [7, 11) is 1.57. The van der Waals surface area contributed by atoms with Crippen molar-refractivity contribution in [1.82, 2.24) is 4.90 Å². The Hall–Kier alpha value is -2.17. The van der Waals surface area contributed by atoms with Crippen molar-refractivity contribution in [2.45, 2.75) is 26.7 Å². The van der Waals surface area contributed by atoms with Crippen LogP contribution in [0.5, 0.6) is 0 Å². The second kappa shape index (κ2) is 6.08. The fourth-order valence-corrected chi connectivity index (χ4v) is 2.60. The SMILES string of the molecule is CCC(CC)C(=O)N1C(=O)CN(C)C(=O)c2ccccc21. The van der Waals surface area contributed by atoms with Gasteiger partial charge in [-0.3, -0.25) is 14.4 Å². The fraction of sp³-hybridized carbons (Fsp3) is 0.438. The molecule has 0 aromatic heterocycles. The smallest absolute Gasteiger partial charge is 0.256 e. The second-order valence-corrected chi connectivity index (χ2v) is 5.26. The van der Waals surface area contributed by atoms with Crippen LogP contribution in [0.15, 0.2) is 24.3 Å². The number of amides is 3. The Bertz CT molecular complexity index is 579. The van der Waals surface area contributed by atoms with Crippen molar-refractivity contribution in [2.75, 3.05) is 18.5 Å². The summed E-state index contributed by atoms with van der Waals surface area (Å²) in [5.74, 6) is -1.02. The number of carbonyl (C=O) groups is 3. The van der Waals surface area contributed by atoms with Gasteiger partial charge in [0, 0.05) is 13.0 Å². The van der Waals surface area contributed by atoms with Gasteiger partial charge in [-0.1, -0.05) is 26.0 Å². The summed E-state index contributed by atoms with van der Waals surface area (Å²) in [6, 6.07) is 6.78. The fourth-order valence-electron chi connectivity index (χ4n) is 2.60. The molecule has 1 aliphatic rings. The van der Waals surface area contributed by atoms with Crippen molar-refractivity contribution in [1.29, 1.82) is 0 Å². The third-order valence-electron chi connectivity index (χ3n) is 3.90. The Labute approximate surface area is 124 Å². The lowest BCUT2D eigenvalue weighted by Crippen LogP contribution is -2.44. The molecule has 5 nitrogen and oxygen atoms in total. The molecule has 0 unspecified atom stereocenters. The minimum atomic E-state index is -0.354. The van der Waals surface area contributed by atoms with Crippen LogP contribution in [-0.4, -0.2) is 36.2 Å². The van der Waals surface area contributed by atoms with Crippen LogP contribution in [0.3, 0.4) is 0 Å². The predicted molar refractivity (Wildman–Crippen MR) is 80.0 cm³/mol. The minimum Gasteiger partial charge on any atom is -0.332 e. The Morgan fingerprint density at radius 3 is 2.43 bits per heavy atom. The van der Waals surface area contributed by atoms with Crippen molar-refractivity contribution in [3.05, 3.63) is 29.8 Å². The molecule has 1 aromatic carbocycles. The van der Waals surface area contributed by atoms with Gasteiger partial charge < -0.3 is 4.90 Å². The summed E-state index contributed by atoms with van der Waals surface area (Å²) >= 11 is 0. The largest absolute Gasteiger partial charge is 0.332 e. The average Bonchev–Trinajstić information content (AvgIpc) is 2.56. The van der Waals surface area contributed by atoms with E-state index in [0.29, 0.717) is 24.1 Å². The molecule has 0 atom stereocenters. The van der Waals surface area contributed by atoms with Crippen molar-refractivity contribution >= 4 is 23.4 Å². The highest BCUT2D eigenvalue weighted by Crippen LogP contribution is 2.27. The van der Waals surface area contributed by atoms with Crippen LogP contribution in [0.25, 0.3) is 0 Å². The summed E-state index contributed by atoms with van der Waals surface area (Å²) < 4.78 is 0. The van der Waals surface area contributed by atoms with E-state index in [1.807, 2.05) is 13.8 Å². The molecule has 21 heavy (non-hydrogen) atoms. The summed E-state index contributed by atoms with van der Waals surface area (Å²) in [4.78, 5) is 39.9. The number of imide groups is 1. The molecule has 0 radical (unpaired) electrons. The lowest BCUT2D eigenvalue weighted by Gasteiger charge is -2.24. The average molecular weight is 288 g/mol. The maximum absolute atomic E-state index is 12.7. The number of hydrogen-bond donors (Lipinski definition) is 0. The number of fused-ring (bicyclic) bond motifs is 1. The quantitative estimate of drug-likeness (QED) is 0.855. The molecule has 0 fully saturated rings. The van der Waals surface area contributed by atoms with Gasteiger partial charge in [0.2, 0.25) is 5.91 Å². The van der Waals surface area contributed by atoms with E-state index in [2.05, 4.69) is 0 Å². The van der Waals surface area contributed by atoms with Crippen LogP contribution < -0.4 is 4.90 Å². The highest BCUT2D eigenvalue weighted by atomic mass is 16.2. The first-order valence-corrected chi connectivity index (χ1v) is 7.22. The van der Waals surface area contributed by atoms with Gasteiger partial charge in [0.25, 0.3) is 11.8 Å². The number of benzene rings is 1. The zero-order valence-corrected chi connectivity index (χ0v) is 12.6. The van der Waals surface area contributed by atoms with E-state index < -0.39 is 0 Å². The van der Waals surface area contributed by atoms with E-state index in [0.717, 1.165) is 0 Å². The third kappa shape index (κ3) is 2.68. The van der Waals surface area contributed by atoms with Crippen molar-refractivity contribution < 1.29 is 14.4 Å². The molecule has 0 spiro atoms. The summed E-state index contributed by atoms with van der Waals surface area (Å²) in [5, 5.41) is 0. The summed E-state index contributed by atoms with van der Waals surface area (Å²) in [6.45, 7) is 3.77. The predicted octanol–water partition coefficient (Wildman–Crippen LogP) is 2.07. The Morgan fingerprint density at radius 2 is 1.81 bits per heavy atom. The molecular formula is C16H20N2O3. The number of likely N-dealkylation sites (N-methyl/N-ethyl adjacent to an activating group) is 1. The third-order valence-corrected chi connectivity index (χ3v) is 3.90. The molecule has 2 rings (SSSR count). The molecule has 3 amide bonds. The van der Waals surface area contributed by atoms with E-state index in [1.54, 1.807) is 31.3 Å². The van der Waals surface area contributed by atoms with Gasteiger partial charge in [-0.15, -0.1) is 0 Å². The highest BCUT2D eigenvalue weighted by Gasteiger charge is 2.35. The second-order valence-electron chi connectivity index (χ2n) is 5.26. The van der Waals surface area contributed by atoms with Crippen molar-refractivity contribution in [3.63, 3.8) is 0 Å². The van der Waals surface area contributed by atoms with E-state index in [4.69, 9.17) is 0 Å². The van der Waals surface area contributed by atoms with E-state index in [9.17, 15) is 14.4 Å². The molecule has 1 heterocycles. The minimum absolute atomic E-state index is 0.0839. The van der Waals surface area contributed by atoms with E-state index >= 15 is 0 Å². The van der Waals surface area contributed by atoms with Gasteiger partial charge >= 0.3 is 0 Å². The Morgan fingerprint density at radius 1 is 1.19 bits per heavy atom. The number of rotatable bonds is 3. The van der Waals surface area contributed by atoms with E-state index in [-0.39, 0.29) is 30.2 Å². The molecule has 1 aliphatic heterocycles. The first kappa shape index (κ1) is 15.2. The van der Waals surface area contributed by atoms with E-state index in [1.165, 1.54) is 9.80 Å². The number of carbonyl (C=O) groups excluding carboxylic acids is 3. The Kier molecular flexibility index (Phi) is 4.40. The standard InChI is InChI=1S/C16H20N2O3/c1-4-11(5-2)15(20)18-13-9-7-6-8-12(13)16(21)17(3)10-14(18)19/h6-9,11H,4-5,10H2,1-3H3. The van der Waals surface area contributed by atoms with Gasteiger partial charge in [0.15, 0.2) is 0 Å². The summed E-state index contributed by atoms with van der Waals surface area (Å²) in [5.41, 5.74) is 0.791. The highest BCUT2D eigenvalue weighted by molar-refractivity contribution is 6.21. The van der Waals surface area contributed by atoms with Crippen LogP contribution in [-0.2, 0) is 9.59 Å². The monoisotopic (exact) mass is 288 g/mol. The van der Waals surface area contributed by atoms with Crippen LogP contribution in [0.4, 0.5) is 5.69 Å². The van der Waals surface area contributed by atoms with Gasteiger partial charge in [-0.25, -0.2) is 4.90 Å². The van der Waals surface area contributed by atoms with Crippen molar-refractivity contribution in [2.24, 2.45) is 5.92 Å². The number of hydrogen-bond acceptors (Lipinski definition) is 3. The van der Waals surface area contributed by atoms with Gasteiger partial charge in [0.1, 0.15) is 6.54 Å².